The van der Waals surface area contributed by atoms with Gasteiger partial charge in [-0.1, -0.05) is 148 Å². The lowest BCUT2D eigenvalue weighted by molar-refractivity contribution is -0.137. The number of ether oxygens (including phenoxy) is 2. The number of alkyl halides is 3. The van der Waals surface area contributed by atoms with Crippen LogP contribution < -0.4 is 14.4 Å². The molecule has 3 aliphatic rings. The summed E-state index contributed by atoms with van der Waals surface area (Å²) < 4.78 is 61.1. The van der Waals surface area contributed by atoms with Gasteiger partial charge in [0.1, 0.15) is 11.5 Å². The number of para-hydroxylation sites is 6. The molecule has 334 valence electrons. The van der Waals surface area contributed by atoms with E-state index in [1.165, 1.54) is 17.7 Å². The monoisotopic (exact) mass is 879 g/mol. The van der Waals surface area contributed by atoms with Gasteiger partial charge in [0.2, 0.25) is 0 Å². The molecule has 2 saturated carbocycles. The lowest BCUT2D eigenvalue weighted by atomic mass is 9.69. The van der Waals surface area contributed by atoms with Crippen LogP contribution in [0.3, 0.4) is 0 Å². The number of halogens is 3. The average Bonchev–Trinajstić information content (AvgIpc) is 3.34. The van der Waals surface area contributed by atoms with E-state index in [-0.39, 0.29) is 17.4 Å². The van der Waals surface area contributed by atoms with Gasteiger partial charge in [-0.15, -0.1) is 0 Å². The molecule has 0 bridgehead atoms. The molecule has 1 heterocycles. The minimum absolute atomic E-state index is 0.0244. The molecule has 1 aliphatic heterocycles. The Labute approximate surface area is 387 Å². The fourth-order valence-corrected chi connectivity index (χ4v) is 11.1. The number of benzene rings is 7. The summed E-state index contributed by atoms with van der Waals surface area (Å²) in [4.78, 5) is 2.38. The first-order valence-corrected chi connectivity index (χ1v) is 23.8. The van der Waals surface area contributed by atoms with Crippen molar-refractivity contribution in [3.63, 3.8) is 0 Å². The Balaban J connectivity index is 1.38. The molecule has 0 spiro atoms. The number of aryl methyl sites for hydroxylation is 2. The van der Waals surface area contributed by atoms with Crippen molar-refractivity contribution in [2.45, 2.75) is 102 Å². The van der Waals surface area contributed by atoms with Gasteiger partial charge >= 0.3 is 6.18 Å². The van der Waals surface area contributed by atoms with Gasteiger partial charge in [-0.3, -0.25) is 0 Å². The molecule has 2 aliphatic carbocycles. The Morgan fingerprint density at radius 2 is 1.06 bits per heavy atom. The zero-order chi connectivity index (χ0) is 45.4. The quantitative estimate of drug-likeness (QED) is 0.137. The molecule has 0 unspecified atom stereocenters. The molecule has 0 atom stereocenters. The van der Waals surface area contributed by atoms with Gasteiger partial charge in [0.25, 0.3) is 0 Å². The summed E-state index contributed by atoms with van der Waals surface area (Å²) in [5.74, 6) is 2.99. The third-order valence-corrected chi connectivity index (χ3v) is 14.2. The van der Waals surface area contributed by atoms with E-state index in [4.69, 9.17) is 16.1 Å². The van der Waals surface area contributed by atoms with Crippen LogP contribution >= 0.6 is 0 Å². The fourth-order valence-electron chi connectivity index (χ4n) is 11.1. The molecule has 7 aromatic carbocycles. The van der Waals surface area contributed by atoms with Crippen LogP contribution in [0.5, 0.6) is 23.0 Å². The van der Waals surface area contributed by atoms with Gasteiger partial charge in [0, 0.05) is 6.42 Å². The minimum Gasteiger partial charge on any atom is -0.457 e. The van der Waals surface area contributed by atoms with Gasteiger partial charge < -0.3 is 14.4 Å². The summed E-state index contributed by atoms with van der Waals surface area (Å²) in [5, 5.41) is 0. The maximum atomic E-state index is 15.9. The molecule has 0 radical (unpaired) electrons. The SMILES string of the molecule is C=C(Cc1ccccc1Oc1ccccc1C)c1c(-c2ccccc2C)c(C2CCCCC2)c(N2c3ccccc3Oc3ccccc32)c(C2CCCCC2)c1-c1ccccc1C(F)(F)F. The molecule has 7 aromatic rings. The van der Waals surface area contributed by atoms with Crippen LogP contribution in [0.25, 0.3) is 27.8 Å². The normalized spacial score (nSPS) is 15.4. The molecule has 0 amide bonds. The summed E-state index contributed by atoms with van der Waals surface area (Å²) in [6.07, 6.45) is 5.81. The lowest BCUT2D eigenvalue weighted by Gasteiger charge is -2.42. The molecule has 66 heavy (non-hydrogen) atoms. The standard InChI is InChI=1S/C60H56F3NO2/c1-39-22-10-13-29-45(39)57-54(41(3)38-44-28-12-19-35-51(44)65-50-34-18-11-23-40(50)2)58(46-30-14-15-31-47(46)60(61,62)63)56(43-26-8-5-9-27-43)59(55(57)42-24-6-4-7-25-42)64-48-32-16-20-36-52(48)66-53-37-21-17-33-49(53)64/h10-23,28-37,42-43H,3-9,24-27,38H2,1-2H3. The largest absolute Gasteiger partial charge is 0.457 e. The maximum absolute atomic E-state index is 15.9. The van der Waals surface area contributed by atoms with Crippen molar-refractivity contribution in [1.82, 2.24) is 0 Å². The average molecular weight is 880 g/mol. The summed E-state index contributed by atoms with van der Waals surface area (Å²) >= 11 is 0. The molecule has 3 nitrogen and oxygen atoms in total. The maximum Gasteiger partial charge on any atom is 0.417 e. The summed E-state index contributed by atoms with van der Waals surface area (Å²) in [6.45, 7) is 9.16. The smallest absolute Gasteiger partial charge is 0.417 e. The van der Waals surface area contributed by atoms with E-state index < -0.39 is 11.7 Å². The third-order valence-electron chi connectivity index (χ3n) is 14.2. The van der Waals surface area contributed by atoms with Gasteiger partial charge in [-0.25, -0.2) is 0 Å². The molecule has 0 saturated heterocycles. The Kier molecular flexibility index (Phi) is 12.1. The predicted octanol–water partition coefficient (Wildman–Crippen LogP) is 18.4. The lowest BCUT2D eigenvalue weighted by Crippen LogP contribution is -2.24. The first-order valence-electron chi connectivity index (χ1n) is 23.8. The van der Waals surface area contributed by atoms with E-state index in [0.717, 1.165) is 132 Å². The highest BCUT2D eigenvalue weighted by Gasteiger charge is 2.42. The molecule has 0 N–H and O–H groups in total. The van der Waals surface area contributed by atoms with Crippen LogP contribution in [0.4, 0.5) is 30.2 Å². The van der Waals surface area contributed by atoms with Crippen LogP contribution in [0.2, 0.25) is 0 Å². The van der Waals surface area contributed by atoms with Gasteiger partial charge in [-0.2, -0.15) is 13.2 Å². The van der Waals surface area contributed by atoms with E-state index in [2.05, 4.69) is 54.3 Å². The molecule has 10 rings (SSSR count). The van der Waals surface area contributed by atoms with Crippen LogP contribution in [0, 0.1) is 13.8 Å². The minimum atomic E-state index is -4.63. The van der Waals surface area contributed by atoms with E-state index in [9.17, 15) is 0 Å². The Hall–Kier alpha value is -6.53. The number of hydrogen-bond acceptors (Lipinski definition) is 3. The first-order chi connectivity index (χ1) is 32.2. The topological polar surface area (TPSA) is 21.7 Å². The molecular formula is C60H56F3NO2. The second kappa shape index (κ2) is 18.4. The number of allylic oxidation sites excluding steroid dienone is 1. The van der Waals surface area contributed by atoms with Crippen molar-refractivity contribution >= 4 is 22.6 Å². The Bertz CT molecular complexity index is 2870. The van der Waals surface area contributed by atoms with Crippen molar-refractivity contribution in [1.29, 1.82) is 0 Å². The number of fused-ring (bicyclic) bond motifs is 2. The summed E-state index contributed by atoms with van der Waals surface area (Å²) in [5.41, 5.74) is 11.6. The zero-order valence-electron chi connectivity index (χ0n) is 37.9. The third kappa shape index (κ3) is 8.20. The van der Waals surface area contributed by atoms with Gasteiger partial charge in [0.15, 0.2) is 11.5 Å². The van der Waals surface area contributed by atoms with Crippen LogP contribution in [-0.4, -0.2) is 0 Å². The van der Waals surface area contributed by atoms with E-state index in [0.29, 0.717) is 29.2 Å². The highest BCUT2D eigenvalue weighted by atomic mass is 19.4. The van der Waals surface area contributed by atoms with Crippen LogP contribution in [0.15, 0.2) is 152 Å². The van der Waals surface area contributed by atoms with Gasteiger partial charge in [-0.05, 0) is 155 Å². The highest BCUT2D eigenvalue weighted by molar-refractivity contribution is 6.03. The molecule has 2 fully saturated rings. The van der Waals surface area contributed by atoms with E-state index in [1.807, 2.05) is 85.8 Å². The number of hydrogen-bond donors (Lipinski definition) is 0. The second-order valence-electron chi connectivity index (χ2n) is 18.5. The van der Waals surface area contributed by atoms with E-state index >= 15 is 13.2 Å². The predicted molar refractivity (Wildman–Crippen MR) is 264 cm³/mol. The van der Waals surface area contributed by atoms with Gasteiger partial charge in [0.05, 0.1) is 22.6 Å². The second-order valence-corrected chi connectivity index (χ2v) is 18.5. The number of rotatable bonds is 10. The Morgan fingerprint density at radius 1 is 0.576 bits per heavy atom. The van der Waals surface area contributed by atoms with Crippen molar-refractivity contribution in [3.8, 4) is 45.3 Å². The van der Waals surface area contributed by atoms with Crippen molar-refractivity contribution in [3.05, 3.63) is 191 Å². The van der Waals surface area contributed by atoms with Crippen LogP contribution in [0.1, 0.15) is 115 Å². The van der Waals surface area contributed by atoms with E-state index in [1.54, 1.807) is 12.1 Å². The van der Waals surface area contributed by atoms with Crippen LogP contribution in [-0.2, 0) is 12.6 Å². The fraction of sp³-hybridized carbons (Fsp3) is 0.267. The number of nitrogens with zero attached hydrogens (tertiary/aromatic N) is 1. The first kappa shape index (κ1) is 43.4. The van der Waals surface area contributed by atoms with Crippen molar-refractivity contribution in [2.75, 3.05) is 4.90 Å². The summed E-state index contributed by atoms with van der Waals surface area (Å²) in [6, 6.07) is 47.0. The molecule has 0 aromatic heterocycles. The molecular weight excluding hydrogens is 824 g/mol. The highest BCUT2D eigenvalue weighted by Crippen LogP contribution is 2.62. The Morgan fingerprint density at radius 3 is 1.65 bits per heavy atom. The van der Waals surface area contributed by atoms with Crippen molar-refractivity contribution < 1.29 is 22.6 Å². The zero-order valence-corrected chi connectivity index (χ0v) is 37.9. The molecule has 6 heteroatoms. The number of anilines is 3. The summed E-state index contributed by atoms with van der Waals surface area (Å²) in [7, 11) is 0. The van der Waals surface area contributed by atoms with Crippen molar-refractivity contribution in [2.24, 2.45) is 0 Å².